The van der Waals surface area contributed by atoms with E-state index in [4.69, 9.17) is 0 Å². The number of rotatable bonds is 7. The van der Waals surface area contributed by atoms with Gasteiger partial charge in [-0.15, -0.1) is 6.58 Å². The van der Waals surface area contributed by atoms with Gasteiger partial charge in [0.2, 0.25) is 0 Å². The van der Waals surface area contributed by atoms with E-state index in [9.17, 15) is 9.18 Å². The van der Waals surface area contributed by atoms with E-state index in [1.165, 1.54) is 35.9 Å². The van der Waals surface area contributed by atoms with Crippen LogP contribution in [-0.4, -0.2) is 49.4 Å². The first-order valence-electron chi connectivity index (χ1n) is 12.5. The summed E-state index contributed by atoms with van der Waals surface area (Å²) in [5, 5.41) is 3.84. The molecule has 1 aromatic carbocycles. The maximum atomic E-state index is 14.6. The largest absolute Gasteiger partial charge is 0.340 e. The smallest absolute Gasteiger partial charge is 0.276 e. The third kappa shape index (κ3) is 4.79. The zero-order valence-corrected chi connectivity index (χ0v) is 21.7. The van der Waals surface area contributed by atoms with Crippen molar-refractivity contribution in [2.75, 3.05) is 19.4 Å². The summed E-state index contributed by atoms with van der Waals surface area (Å²) in [7, 11) is 4.26. The molecule has 1 unspecified atom stereocenters. The van der Waals surface area contributed by atoms with Crippen LogP contribution in [0, 0.1) is 0 Å². The number of alkyl halides is 1. The number of hydrogen-bond donors (Lipinski definition) is 1. The summed E-state index contributed by atoms with van der Waals surface area (Å²) in [5.41, 5.74) is 2.32. The second-order valence-electron chi connectivity index (χ2n) is 10.3. The number of likely N-dealkylation sites (N-methyl/N-ethyl adjacent to an activating group) is 1. The van der Waals surface area contributed by atoms with Crippen LogP contribution in [-0.2, 0) is 25.1 Å². The van der Waals surface area contributed by atoms with Crippen LogP contribution in [0.3, 0.4) is 0 Å². The molecule has 3 aromatic heterocycles. The average Bonchev–Trinajstić information content (AvgIpc) is 3.14. The molecule has 0 spiro atoms. The Bertz CT molecular complexity index is 1530. The Balaban J connectivity index is 1.57. The minimum atomic E-state index is -1.73. The van der Waals surface area contributed by atoms with Crippen LogP contribution < -0.4 is 10.9 Å². The molecule has 0 amide bonds. The molecule has 0 radical (unpaired) electrons. The van der Waals surface area contributed by atoms with Gasteiger partial charge in [-0.1, -0.05) is 12.1 Å². The van der Waals surface area contributed by atoms with E-state index in [1.54, 1.807) is 23.0 Å². The summed E-state index contributed by atoms with van der Waals surface area (Å²) in [5.74, 6) is 1.03. The third-order valence-electron chi connectivity index (χ3n) is 6.92. The van der Waals surface area contributed by atoms with E-state index in [-0.39, 0.29) is 17.9 Å². The van der Waals surface area contributed by atoms with Crippen molar-refractivity contribution in [1.29, 1.82) is 0 Å². The van der Waals surface area contributed by atoms with Crippen LogP contribution in [0.25, 0.3) is 16.7 Å². The number of nitrogens with one attached hydrogen (secondary N) is 1. The third-order valence-corrected chi connectivity index (χ3v) is 6.92. The summed E-state index contributed by atoms with van der Waals surface area (Å²) in [6.45, 7) is 6.85. The predicted octanol–water partition coefficient (Wildman–Crippen LogP) is 4.53. The van der Waals surface area contributed by atoms with Crippen molar-refractivity contribution in [3.63, 3.8) is 0 Å². The van der Waals surface area contributed by atoms with Gasteiger partial charge in [-0.25, -0.2) is 28.7 Å². The van der Waals surface area contributed by atoms with Gasteiger partial charge in [-0.3, -0.25) is 4.79 Å². The molecule has 0 bridgehead atoms. The number of fused-ring (bicyclic) bond motifs is 2. The van der Waals surface area contributed by atoms with Gasteiger partial charge in [0.15, 0.2) is 17.3 Å². The SMILES string of the molecule is C=CCn1c(=O)c2cnc(Nc3ccc4c(c3)CC(N(C)C)CC4)cc2n1-c1ccnc(C(C)(C)F)n1. The number of halogens is 1. The number of pyridine rings is 1. The van der Waals surface area contributed by atoms with Gasteiger partial charge >= 0.3 is 0 Å². The van der Waals surface area contributed by atoms with Crippen molar-refractivity contribution >= 4 is 22.4 Å². The van der Waals surface area contributed by atoms with Crippen LogP contribution >= 0.6 is 0 Å². The molecule has 3 heterocycles. The quantitative estimate of drug-likeness (QED) is 0.375. The molecule has 37 heavy (non-hydrogen) atoms. The number of benzene rings is 1. The Kier molecular flexibility index (Phi) is 6.41. The van der Waals surface area contributed by atoms with Crippen molar-refractivity contribution in [3.05, 3.63) is 82.7 Å². The molecule has 1 N–H and O–H groups in total. The minimum absolute atomic E-state index is 0.0435. The highest BCUT2D eigenvalue weighted by molar-refractivity contribution is 5.82. The van der Waals surface area contributed by atoms with Gasteiger partial charge in [-0.05, 0) is 70.5 Å². The molecule has 0 aliphatic heterocycles. The fourth-order valence-electron chi connectivity index (χ4n) is 4.90. The van der Waals surface area contributed by atoms with Crippen LogP contribution in [0.2, 0.25) is 0 Å². The highest BCUT2D eigenvalue weighted by atomic mass is 19.1. The number of nitrogens with zero attached hydrogens (tertiary/aromatic N) is 6. The van der Waals surface area contributed by atoms with Crippen LogP contribution in [0.1, 0.15) is 37.2 Å². The summed E-state index contributed by atoms with van der Waals surface area (Å²) in [6, 6.07) is 10.4. The van der Waals surface area contributed by atoms with E-state index in [0.717, 1.165) is 24.9 Å². The van der Waals surface area contributed by atoms with Crippen LogP contribution in [0.15, 0.2) is 60.2 Å². The van der Waals surface area contributed by atoms with Crippen molar-refractivity contribution in [2.24, 2.45) is 0 Å². The lowest BCUT2D eigenvalue weighted by Crippen LogP contribution is -2.33. The van der Waals surface area contributed by atoms with Gasteiger partial charge in [0.25, 0.3) is 5.56 Å². The normalized spacial score (nSPS) is 15.7. The monoisotopic (exact) mass is 501 g/mol. The van der Waals surface area contributed by atoms with E-state index in [2.05, 4.69) is 64.0 Å². The minimum Gasteiger partial charge on any atom is -0.340 e. The lowest BCUT2D eigenvalue weighted by atomic mass is 9.87. The molecular weight excluding hydrogens is 469 g/mol. The number of anilines is 2. The van der Waals surface area contributed by atoms with E-state index >= 15 is 0 Å². The van der Waals surface area contributed by atoms with Crippen molar-refractivity contribution in [2.45, 2.75) is 51.4 Å². The van der Waals surface area contributed by atoms with Gasteiger partial charge in [0.05, 0.1) is 17.4 Å². The lowest BCUT2D eigenvalue weighted by molar-refractivity contribution is 0.206. The number of hydrogen-bond acceptors (Lipinski definition) is 6. The van der Waals surface area contributed by atoms with Crippen LogP contribution in [0.4, 0.5) is 15.9 Å². The number of aromatic nitrogens is 5. The summed E-state index contributed by atoms with van der Waals surface area (Å²) in [6.07, 6.45) is 7.95. The number of aryl methyl sites for hydroxylation is 1. The topological polar surface area (TPSA) is 80.9 Å². The second-order valence-corrected chi connectivity index (χ2v) is 10.3. The molecule has 1 aliphatic carbocycles. The fourth-order valence-corrected chi connectivity index (χ4v) is 4.90. The van der Waals surface area contributed by atoms with Crippen molar-refractivity contribution < 1.29 is 4.39 Å². The Morgan fingerprint density at radius 3 is 2.76 bits per heavy atom. The molecule has 8 nitrogen and oxygen atoms in total. The van der Waals surface area contributed by atoms with E-state index in [0.29, 0.717) is 28.6 Å². The Labute approximate surface area is 215 Å². The Morgan fingerprint density at radius 2 is 2.03 bits per heavy atom. The van der Waals surface area contributed by atoms with Crippen LogP contribution in [0.5, 0.6) is 0 Å². The first-order chi connectivity index (χ1) is 17.7. The Hall–Kier alpha value is -3.85. The lowest BCUT2D eigenvalue weighted by Gasteiger charge is -2.30. The molecule has 4 aromatic rings. The van der Waals surface area contributed by atoms with Crippen molar-refractivity contribution in [1.82, 2.24) is 29.2 Å². The van der Waals surface area contributed by atoms with Gasteiger partial charge in [0.1, 0.15) is 5.82 Å². The summed E-state index contributed by atoms with van der Waals surface area (Å²) < 4.78 is 17.8. The van der Waals surface area contributed by atoms with Gasteiger partial charge in [-0.2, -0.15) is 0 Å². The van der Waals surface area contributed by atoms with E-state index < -0.39 is 5.67 Å². The maximum Gasteiger partial charge on any atom is 0.276 e. The molecule has 0 fully saturated rings. The summed E-state index contributed by atoms with van der Waals surface area (Å²) >= 11 is 0. The molecular formula is C28H32FN7O. The molecule has 0 saturated carbocycles. The van der Waals surface area contributed by atoms with E-state index in [1.807, 2.05) is 6.07 Å². The fraction of sp³-hybridized carbons (Fsp3) is 0.357. The Morgan fingerprint density at radius 1 is 1.22 bits per heavy atom. The predicted molar refractivity (Wildman–Crippen MR) is 144 cm³/mol. The molecule has 1 atom stereocenters. The molecule has 192 valence electrons. The van der Waals surface area contributed by atoms with Crippen molar-refractivity contribution in [3.8, 4) is 5.82 Å². The maximum absolute atomic E-state index is 14.6. The highest BCUT2D eigenvalue weighted by Crippen LogP contribution is 2.28. The molecule has 9 heteroatoms. The molecule has 1 aliphatic rings. The second kappa shape index (κ2) is 9.55. The summed E-state index contributed by atoms with van der Waals surface area (Å²) in [4.78, 5) is 28.6. The first-order valence-corrected chi connectivity index (χ1v) is 12.5. The zero-order valence-electron chi connectivity index (χ0n) is 21.7. The molecule has 0 saturated heterocycles. The molecule has 5 rings (SSSR count). The average molecular weight is 502 g/mol. The highest BCUT2D eigenvalue weighted by Gasteiger charge is 2.25. The zero-order chi connectivity index (χ0) is 26.3. The van der Waals surface area contributed by atoms with Gasteiger partial charge in [0, 0.05) is 36.3 Å². The first kappa shape index (κ1) is 24.8. The van der Waals surface area contributed by atoms with Gasteiger partial charge < -0.3 is 10.2 Å². The standard InChI is InChI=1S/C28H32FN7O/c1-6-13-35-26(37)22-17-31-24(16-23(22)36(35)25-11-12-30-27(33-25)28(2,3)29)32-20-9-7-18-8-10-21(34(4)5)15-19(18)14-20/h6-7,9,11-12,14,16-17,21H,1,8,10,13,15H2,2-5H3,(H,31,32). The number of allylic oxidation sites excluding steroid dienone is 1.